The standard InChI is InChI=1S/C12H21N5O/c1-3-14-11-9(2)12(17-8-16-11)15-7-5-4-6-10(13)18/h8H,3-7H2,1-2H3,(H2,13,18)(H2,14,15,16,17). The molecule has 0 aliphatic heterocycles. The number of rotatable bonds is 8. The molecule has 0 aliphatic carbocycles. The second-order valence-electron chi connectivity index (χ2n) is 4.08. The van der Waals surface area contributed by atoms with E-state index in [0.717, 1.165) is 43.1 Å². The molecule has 4 N–H and O–H groups in total. The smallest absolute Gasteiger partial charge is 0.217 e. The van der Waals surface area contributed by atoms with Gasteiger partial charge >= 0.3 is 0 Å². The first-order valence-electron chi connectivity index (χ1n) is 6.22. The zero-order chi connectivity index (χ0) is 13.4. The Morgan fingerprint density at radius 1 is 1.28 bits per heavy atom. The fourth-order valence-electron chi connectivity index (χ4n) is 1.61. The van der Waals surface area contributed by atoms with E-state index in [1.807, 2.05) is 13.8 Å². The van der Waals surface area contributed by atoms with Crippen LogP contribution in [-0.4, -0.2) is 29.0 Å². The molecule has 0 spiro atoms. The van der Waals surface area contributed by atoms with Crippen LogP contribution >= 0.6 is 0 Å². The molecule has 1 heterocycles. The highest BCUT2D eigenvalue weighted by molar-refractivity contribution is 5.73. The molecule has 0 fully saturated rings. The molecule has 6 nitrogen and oxygen atoms in total. The molecule has 6 heteroatoms. The van der Waals surface area contributed by atoms with Gasteiger partial charge in [0.1, 0.15) is 18.0 Å². The summed E-state index contributed by atoms with van der Waals surface area (Å²) in [5.41, 5.74) is 6.08. The molecule has 1 aromatic heterocycles. The maximum absolute atomic E-state index is 10.6. The van der Waals surface area contributed by atoms with E-state index in [9.17, 15) is 4.79 Å². The van der Waals surface area contributed by atoms with Crippen molar-refractivity contribution in [3.05, 3.63) is 11.9 Å². The quantitative estimate of drug-likeness (QED) is 0.605. The van der Waals surface area contributed by atoms with Crippen molar-refractivity contribution in [2.24, 2.45) is 5.73 Å². The lowest BCUT2D eigenvalue weighted by molar-refractivity contribution is -0.118. The molecule has 0 saturated heterocycles. The van der Waals surface area contributed by atoms with Gasteiger partial charge in [-0.2, -0.15) is 0 Å². The number of aromatic nitrogens is 2. The van der Waals surface area contributed by atoms with Crippen molar-refractivity contribution in [1.29, 1.82) is 0 Å². The number of carbonyl (C=O) groups excluding carboxylic acids is 1. The summed E-state index contributed by atoms with van der Waals surface area (Å²) in [5.74, 6) is 1.44. The van der Waals surface area contributed by atoms with Crippen LogP contribution in [0.5, 0.6) is 0 Å². The van der Waals surface area contributed by atoms with E-state index in [2.05, 4.69) is 20.6 Å². The monoisotopic (exact) mass is 251 g/mol. The molecule has 100 valence electrons. The summed E-state index contributed by atoms with van der Waals surface area (Å²) < 4.78 is 0. The Morgan fingerprint density at radius 3 is 2.56 bits per heavy atom. The van der Waals surface area contributed by atoms with Crippen LogP contribution in [0, 0.1) is 6.92 Å². The van der Waals surface area contributed by atoms with Gasteiger partial charge < -0.3 is 16.4 Å². The SMILES string of the molecule is CCNc1ncnc(NCCCCC(N)=O)c1C. The third-order valence-corrected chi connectivity index (χ3v) is 2.57. The van der Waals surface area contributed by atoms with E-state index >= 15 is 0 Å². The van der Waals surface area contributed by atoms with Crippen molar-refractivity contribution in [1.82, 2.24) is 9.97 Å². The van der Waals surface area contributed by atoms with Gasteiger partial charge in [-0.05, 0) is 26.7 Å². The Morgan fingerprint density at radius 2 is 1.94 bits per heavy atom. The summed E-state index contributed by atoms with van der Waals surface area (Å²) in [5, 5.41) is 6.42. The van der Waals surface area contributed by atoms with E-state index in [4.69, 9.17) is 5.73 Å². The van der Waals surface area contributed by atoms with Gasteiger partial charge in [-0.3, -0.25) is 4.79 Å². The third kappa shape index (κ3) is 4.57. The molecule has 18 heavy (non-hydrogen) atoms. The first-order valence-corrected chi connectivity index (χ1v) is 6.22. The fourth-order valence-corrected chi connectivity index (χ4v) is 1.61. The number of carbonyl (C=O) groups is 1. The van der Waals surface area contributed by atoms with Crippen molar-refractivity contribution in [3.63, 3.8) is 0 Å². The normalized spacial score (nSPS) is 10.1. The van der Waals surface area contributed by atoms with Gasteiger partial charge in [-0.25, -0.2) is 9.97 Å². The number of nitrogens with one attached hydrogen (secondary N) is 2. The lowest BCUT2D eigenvalue weighted by atomic mass is 10.2. The molecule has 0 radical (unpaired) electrons. The van der Waals surface area contributed by atoms with E-state index in [0.29, 0.717) is 6.42 Å². The zero-order valence-corrected chi connectivity index (χ0v) is 11.0. The minimum Gasteiger partial charge on any atom is -0.370 e. The average molecular weight is 251 g/mol. The number of hydrogen-bond donors (Lipinski definition) is 3. The van der Waals surface area contributed by atoms with Crippen molar-refractivity contribution < 1.29 is 4.79 Å². The molecule has 0 atom stereocenters. The van der Waals surface area contributed by atoms with Crippen LogP contribution in [0.4, 0.5) is 11.6 Å². The number of nitrogens with zero attached hydrogens (tertiary/aromatic N) is 2. The summed E-state index contributed by atoms with van der Waals surface area (Å²) >= 11 is 0. The topological polar surface area (TPSA) is 92.9 Å². The molecule has 1 amide bonds. The molecule has 0 bridgehead atoms. The van der Waals surface area contributed by atoms with Gasteiger partial charge in [0, 0.05) is 25.1 Å². The first-order chi connectivity index (χ1) is 8.65. The molecule has 1 aromatic rings. The van der Waals surface area contributed by atoms with Crippen molar-refractivity contribution in [3.8, 4) is 0 Å². The molecule has 0 aliphatic rings. The van der Waals surface area contributed by atoms with Crippen LogP contribution in [-0.2, 0) is 4.79 Å². The Hall–Kier alpha value is -1.85. The highest BCUT2D eigenvalue weighted by Crippen LogP contribution is 2.17. The number of hydrogen-bond acceptors (Lipinski definition) is 5. The number of unbranched alkanes of at least 4 members (excludes halogenated alkanes) is 1. The molecule has 0 unspecified atom stereocenters. The lowest BCUT2D eigenvalue weighted by Gasteiger charge is -2.11. The minimum atomic E-state index is -0.248. The Bertz CT molecular complexity index is 394. The van der Waals surface area contributed by atoms with Crippen LogP contribution in [0.2, 0.25) is 0 Å². The van der Waals surface area contributed by atoms with Gasteiger partial charge in [0.2, 0.25) is 5.91 Å². The fraction of sp³-hybridized carbons (Fsp3) is 0.583. The van der Waals surface area contributed by atoms with E-state index < -0.39 is 0 Å². The Kier molecular flexibility index (Phi) is 5.90. The lowest BCUT2D eigenvalue weighted by Crippen LogP contribution is -2.12. The summed E-state index contributed by atoms with van der Waals surface area (Å²) in [7, 11) is 0. The third-order valence-electron chi connectivity index (χ3n) is 2.57. The van der Waals surface area contributed by atoms with Crippen LogP contribution in [0.15, 0.2) is 6.33 Å². The van der Waals surface area contributed by atoms with Gasteiger partial charge in [-0.15, -0.1) is 0 Å². The van der Waals surface area contributed by atoms with Gasteiger partial charge in [0.25, 0.3) is 0 Å². The number of primary amides is 1. The van der Waals surface area contributed by atoms with Gasteiger partial charge in [0.15, 0.2) is 0 Å². The second kappa shape index (κ2) is 7.47. The maximum Gasteiger partial charge on any atom is 0.217 e. The van der Waals surface area contributed by atoms with E-state index in [1.165, 1.54) is 6.33 Å². The van der Waals surface area contributed by atoms with Gasteiger partial charge in [-0.1, -0.05) is 0 Å². The molecular weight excluding hydrogens is 230 g/mol. The number of amides is 1. The minimum absolute atomic E-state index is 0.248. The molecule has 0 aromatic carbocycles. The van der Waals surface area contributed by atoms with E-state index in [1.54, 1.807) is 0 Å². The van der Waals surface area contributed by atoms with Gasteiger partial charge in [0.05, 0.1) is 0 Å². The number of anilines is 2. The second-order valence-corrected chi connectivity index (χ2v) is 4.08. The average Bonchev–Trinajstić information content (AvgIpc) is 2.33. The predicted molar refractivity (Wildman–Crippen MR) is 72.5 cm³/mol. The summed E-state index contributed by atoms with van der Waals surface area (Å²) in [6, 6.07) is 0. The Balaban J connectivity index is 2.42. The first kappa shape index (κ1) is 14.2. The largest absolute Gasteiger partial charge is 0.370 e. The summed E-state index contributed by atoms with van der Waals surface area (Å²) in [6.45, 7) is 5.61. The maximum atomic E-state index is 10.6. The molecule has 0 saturated carbocycles. The van der Waals surface area contributed by atoms with Crippen LogP contribution < -0.4 is 16.4 Å². The molecular formula is C12H21N5O. The Labute approximate surface area is 107 Å². The van der Waals surface area contributed by atoms with Crippen molar-refractivity contribution >= 4 is 17.5 Å². The van der Waals surface area contributed by atoms with Crippen LogP contribution in [0.3, 0.4) is 0 Å². The van der Waals surface area contributed by atoms with Crippen molar-refractivity contribution in [2.45, 2.75) is 33.1 Å². The van der Waals surface area contributed by atoms with Crippen molar-refractivity contribution in [2.75, 3.05) is 23.7 Å². The highest BCUT2D eigenvalue weighted by atomic mass is 16.1. The predicted octanol–water partition coefficient (Wildman–Crippen LogP) is 1.28. The summed E-state index contributed by atoms with van der Waals surface area (Å²) in [6.07, 6.45) is 3.67. The number of nitrogens with two attached hydrogens (primary N) is 1. The van der Waals surface area contributed by atoms with E-state index in [-0.39, 0.29) is 5.91 Å². The summed E-state index contributed by atoms with van der Waals surface area (Å²) in [4.78, 5) is 18.9. The highest BCUT2D eigenvalue weighted by Gasteiger charge is 2.05. The van der Waals surface area contributed by atoms with Crippen LogP contribution in [0.1, 0.15) is 31.7 Å². The molecule has 1 rings (SSSR count). The zero-order valence-electron chi connectivity index (χ0n) is 11.0. The van der Waals surface area contributed by atoms with Crippen LogP contribution in [0.25, 0.3) is 0 Å².